The average molecular weight is 274 g/mol. The summed E-state index contributed by atoms with van der Waals surface area (Å²) in [4.78, 5) is 0.110. The fraction of sp³-hybridized carbons (Fsp3) is 0.700. The van der Waals surface area contributed by atoms with Gasteiger partial charge in [-0.15, -0.1) is 0 Å². The van der Waals surface area contributed by atoms with Crippen LogP contribution in [0.3, 0.4) is 0 Å². The van der Waals surface area contributed by atoms with Crippen LogP contribution in [0.2, 0.25) is 0 Å². The molecule has 0 aliphatic carbocycles. The zero-order chi connectivity index (χ0) is 13.5. The van der Waals surface area contributed by atoms with Crippen molar-refractivity contribution >= 4 is 15.8 Å². The molecule has 1 atom stereocenters. The highest BCUT2D eigenvalue weighted by molar-refractivity contribution is 7.89. The summed E-state index contributed by atoms with van der Waals surface area (Å²) in [5.74, 6) is 0.0501. The van der Waals surface area contributed by atoms with Crippen LogP contribution in [0.5, 0.6) is 0 Å². The number of nitrogens with zero attached hydrogens (tertiary/aromatic N) is 3. The van der Waals surface area contributed by atoms with E-state index in [0.717, 1.165) is 0 Å². The molecule has 1 aromatic rings. The van der Waals surface area contributed by atoms with Crippen molar-refractivity contribution in [3.05, 3.63) is 5.69 Å². The monoisotopic (exact) mass is 274 g/mol. The average Bonchev–Trinajstić information content (AvgIpc) is 2.53. The first-order valence-electron chi connectivity index (χ1n) is 5.75. The third kappa shape index (κ3) is 2.11. The van der Waals surface area contributed by atoms with E-state index in [1.54, 1.807) is 14.0 Å². The molecule has 102 valence electrons. The summed E-state index contributed by atoms with van der Waals surface area (Å²) in [6.07, 6.45) is -0.105. The van der Waals surface area contributed by atoms with Gasteiger partial charge in [-0.05, 0) is 13.8 Å². The Bertz CT molecular complexity index is 552. The van der Waals surface area contributed by atoms with Crippen LogP contribution in [0, 0.1) is 6.92 Å². The normalized spacial score (nSPS) is 22.3. The van der Waals surface area contributed by atoms with Gasteiger partial charge in [0.2, 0.25) is 10.0 Å². The van der Waals surface area contributed by atoms with Crippen molar-refractivity contribution in [1.29, 1.82) is 0 Å². The van der Waals surface area contributed by atoms with E-state index in [1.165, 1.54) is 8.99 Å². The van der Waals surface area contributed by atoms with Gasteiger partial charge in [-0.2, -0.15) is 9.40 Å². The molecule has 0 bridgehead atoms. The van der Waals surface area contributed by atoms with Crippen LogP contribution in [0.1, 0.15) is 12.6 Å². The van der Waals surface area contributed by atoms with E-state index in [9.17, 15) is 8.42 Å². The molecule has 1 aliphatic rings. The third-order valence-corrected chi connectivity index (χ3v) is 5.14. The van der Waals surface area contributed by atoms with Crippen LogP contribution in [-0.2, 0) is 21.8 Å². The Labute approximate surface area is 107 Å². The summed E-state index contributed by atoms with van der Waals surface area (Å²) in [7, 11) is -1.92. The topological polar surface area (TPSA) is 90.4 Å². The van der Waals surface area contributed by atoms with Crippen molar-refractivity contribution in [2.75, 3.05) is 25.4 Å². The summed E-state index contributed by atoms with van der Waals surface area (Å²) in [5, 5.41) is 3.95. The molecule has 2 heterocycles. The number of nitrogen functional groups attached to an aromatic ring is 1. The number of rotatable bonds is 2. The highest BCUT2D eigenvalue weighted by Crippen LogP contribution is 2.26. The number of sulfonamides is 1. The molecule has 2 rings (SSSR count). The predicted octanol–water partition coefficient (Wildman–Crippen LogP) is -0.280. The first-order valence-corrected chi connectivity index (χ1v) is 7.19. The molecule has 1 aliphatic heterocycles. The predicted molar refractivity (Wildman–Crippen MR) is 66.5 cm³/mol. The number of anilines is 1. The molecule has 1 aromatic heterocycles. The highest BCUT2D eigenvalue weighted by Gasteiger charge is 2.33. The molecule has 0 aromatic carbocycles. The molecule has 18 heavy (non-hydrogen) atoms. The van der Waals surface area contributed by atoms with Crippen molar-refractivity contribution in [3.63, 3.8) is 0 Å². The molecule has 1 fully saturated rings. The summed E-state index contributed by atoms with van der Waals surface area (Å²) in [6.45, 7) is 4.64. The number of nitrogens with two attached hydrogens (primary N) is 1. The Kier molecular flexibility index (Phi) is 3.35. The maximum Gasteiger partial charge on any atom is 0.248 e. The minimum atomic E-state index is -3.59. The zero-order valence-corrected chi connectivity index (χ0v) is 11.6. The standard InChI is InChI=1S/C10H18N4O3S/c1-7-6-14(4-5-17-7)18(15,16)9-8(2)13(3)12-10(9)11/h7H,4-6H2,1-3H3,(H2,11,12). The Balaban J connectivity index is 2.42. The van der Waals surface area contributed by atoms with E-state index in [-0.39, 0.29) is 16.8 Å². The Morgan fingerprint density at radius 1 is 1.50 bits per heavy atom. The van der Waals surface area contributed by atoms with Gasteiger partial charge in [0.1, 0.15) is 4.90 Å². The maximum absolute atomic E-state index is 12.5. The molecule has 1 unspecified atom stereocenters. The van der Waals surface area contributed by atoms with Gasteiger partial charge in [-0.3, -0.25) is 4.68 Å². The largest absolute Gasteiger partial charge is 0.381 e. The second-order valence-corrected chi connectivity index (χ2v) is 6.34. The van der Waals surface area contributed by atoms with Crippen LogP contribution in [-0.4, -0.2) is 48.3 Å². The molecule has 8 heteroatoms. The first-order chi connectivity index (χ1) is 8.34. The minimum Gasteiger partial charge on any atom is -0.381 e. The van der Waals surface area contributed by atoms with Crippen molar-refractivity contribution in [2.45, 2.75) is 24.8 Å². The van der Waals surface area contributed by atoms with E-state index in [4.69, 9.17) is 10.5 Å². The highest BCUT2D eigenvalue weighted by atomic mass is 32.2. The van der Waals surface area contributed by atoms with Gasteiger partial charge in [0.15, 0.2) is 5.82 Å². The molecule has 7 nitrogen and oxygen atoms in total. The molecule has 1 saturated heterocycles. The lowest BCUT2D eigenvalue weighted by Crippen LogP contribution is -2.44. The van der Waals surface area contributed by atoms with E-state index >= 15 is 0 Å². The van der Waals surface area contributed by atoms with Gasteiger partial charge in [-0.25, -0.2) is 8.42 Å². The molecule has 2 N–H and O–H groups in total. The number of aromatic nitrogens is 2. The van der Waals surface area contributed by atoms with Gasteiger partial charge in [0.05, 0.1) is 18.4 Å². The maximum atomic E-state index is 12.5. The zero-order valence-electron chi connectivity index (χ0n) is 10.8. The van der Waals surface area contributed by atoms with E-state index in [2.05, 4.69) is 5.10 Å². The summed E-state index contributed by atoms with van der Waals surface area (Å²) in [5.41, 5.74) is 6.25. The van der Waals surface area contributed by atoms with Crippen molar-refractivity contribution in [1.82, 2.24) is 14.1 Å². The van der Waals surface area contributed by atoms with E-state index in [0.29, 0.717) is 25.4 Å². The Hall–Kier alpha value is -1.12. The second-order valence-electron chi connectivity index (χ2n) is 4.47. The number of ether oxygens (including phenoxy) is 1. The van der Waals surface area contributed by atoms with Gasteiger partial charge >= 0.3 is 0 Å². The van der Waals surface area contributed by atoms with Crippen molar-refractivity contribution in [3.8, 4) is 0 Å². The Morgan fingerprint density at radius 3 is 2.67 bits per heavy atom. The van der Waals surface area contributed by atoms with Gasteiger partial charge in [-0.1, -0.05) is 0 Å². The van der Waals surface area contributed by atoms with Crippen LogP contribution in [0.4, 0.5) is 5.82 Å². The van der Waals surface area contributed by atoms with Crippen LogP contribution in [0.25, 0.3) is 0 Å². The molecular formula is C10H18N4O3S. The number of hydrogen-bond acceptors (Lipinski definition) is 5. The van der Waals surface area contributed by atoms with Crippen molar-refractivity contribution < 1.29 is 13.2 Å². The number of hydrogen-bond donors (Lipinski definition) is 1. The van der Waals surface area contributed by atoms with E-state index < -0.39 is 10.0 Å². The van der Waals surface area contributed by atoms with Gasteiger partial charge < -0.3 is 10.5 Å². The lowest BCUT2D eigenvalue weighted by molar-refractivity contribution is 0.0102. The molecule has 0 radical (unpaired) electrons. The summed E-state index contributed by atoms with van der Waals surface area (Å²) in [6, 6.07) is 0. The molecule has 0 spiro atoms. The summed E-state index contributed by atoms with van der Waals surface area (Å²) >= 11 is 0. The van der Waals surface area contributed by atoms with E-state index in [1.807, 2.05) is 6.92 Å². The van der Waals surface area contributed by atoms with Gasteiger partial charge in [0, 0.05) is 20.1 Å². The summed E-state index contributed by atoms with van der Waals surface area (Å²) < 4.78 is 33.3. The Morgan fingerprint density at radius 2 is 2.17 bits per heavy atom. The minimum absolute atomic E-state index is 0.0501. The fourth-order valence-corrected chi connectivity index (χ4v) is 3.86. The lowest BCUT2D eigenvalue weighted by atomic mass is 10.3. The molecular weight excluding hydrogens is 256 g/mol. The molecule has 0 amide bonds. The van der Waals surface area contributed by atoms with Gasteiger partial charge in [0.25, 0.3) is 0 Å². The van der Waals surface area contributed by atoms with Crippen LogP contribution in [0.15, 0.2) is 4.90 Å². The number of morpholine rings is 1. The van der Waals surface area contributed by atoms with Crippen LogP contribution >= 0.6 is 0 Å². The second kappa shape index (κ2) is 4.52. The number of aryl methyl sites for hydroxylation is 1. The third-order valence-electron chi connectivity index (χ3n) is 3.11. The molecule has 0 saturated carbocycles. The lowest BCUT2D eigenvalue weighted by Gasteiger charge is -2.30. The quantitative estimate of drug-likeness (QED) is 0.801. The first kappa shape index (κ1) is 13.3. The van der Waals surface area contributed by atoms with Crippen LogP contribution < -0.4 is 5.73 Å². The smallest absolute Gasteiger partial charge is 0.248 e. The van der Waals surface area contributed by atoms with Crippen molar-refractivity contribution in [2.24, 2.45) is 7.05 Å². The SMILES string of the molecule is Cc1c(S(=O)(=O)N2CCOC(C)C2)c(N)nn1C. The fourth-order valence-electron chi connectivity index (χ4n) is 2.07.